The van der Waals surface area contributed by atoms with Crippen LogP contribution in [-0.4, -0.2) is 4.01 Å². The van der Waals surface area contributed by atoms with Crippen molar-refractivity contribution in [2.75, 3.05) is 0 Å². The summed E-state index contributed by atoms with van der Waals surface area (Å²) in [6.07, 6.45) is 2.15. The van der Waals surface area contributed by atoms with Crippen molar-refractivity contribution in [3.8, 4) is 0 Å². The topological polar surface area (TPSA) is 0 Å². The summed E-state index contributed by atoms with van der Waals surface area (Å²) in [6, 6.07) is 0. The maximum Gasteiger partial charge on any atom is -0.0287 e. The number of allylic oxidation sites excluding steroid dienone is 2. The first kappa shape index (κ1) is 8.08. The van der Waals surface area contributed by atoms with Crippen LogP contribution < -0.4 is 0 Å². The summed E-state index contributed by atoms with van der Waals surface area (Å²) in [5, 5.41) is 0. The van der Waals surface area contributed by atoms with Crippen LogP contribution in [0.15, 0.2) is 22.3 Å². The molecule has 0 radical (unpaired) electrons. The molecule has 8 heavy (non-hydrogen) atoms. The van der Waals surface area contributed by atoms with Gasteiger partial charge in [-0.1, -0.05) is 39.0 Å². The monoisotopic (exact) mass is 222 g/mol. The molecule has 0 fully saturated rings. The van der Waals surface area contributed by atoms with Gasteiger partial charge in [-0.15, -0.1) is 0 Å². The fourth-order valence-corrected chi connectivity index (χ4v) is 1.43. The van der Waals surface area contributed by atoms with Gasteiger partial charge in [0.15, 0.2) is 0 Å². The Balaban J connectivity index is 3.57. The minimum atomic E-state index is 0.157. The van der Waals surface area contributed by atoms with Crippen LogP contribution >= 0.6 is 20.7 Å². The Morgan fingerprint density at radius 1 is 1.50 bits per heavy atom. The molecule has 0 nitrogen and oxygen atoms in total. The molecule has 0 aromatic heterocycles. The summed E-state index contributed by atoms with van der Waals surface area (Å²) < 4.78 is 4.21. The van der Waals surface area contributed by atoms with Gasteiger partial charge in [-0.2, -0.15) is 0 Å². The summed E-state index contributed by atoms with van der Waals surface area (Å²) in [6.45, 7) is 7.85. The lowest BCUT2D eigenvalue weighted by Crippen LogP contribution is -1.60. The van der Waals surface area contributed by atoms with E-state index in [0.717, 1.165) is 0 Å². The SMILES string of the molecule is C=CI=CC=C(C)C. The molecule has 0 amide bonds. The minimum absolute atomic E-state index is 0.157. The normalized spacial score (nSPS) is 10.2. The van der Waals surface area contributed by atoms with E-state index in [1.54, 1.807) is 0 Å². The largest absolute Gasteiger partial charge is 0.0944 e. The molecule has 0 N–H and O–H groups in total. The lowest BCUT2D eigenvalue weighted by atomic mass is 10.3. The molecule has 0 bridgehead atoms. The van der Waals surface area contributed by atoms with Gasteiger partial charge in [0.2, 0.25) is 0 Å². The van der Waals surface area contributed by atoms with Gasteiger partial charge in [-0.25, -0.2) is 0 Å². The Labute approximate surface area is 61.0 Å². The van der Waals surface area contributed by atoms with Gasteiger partial charge >= 0.3 is 0 Å². The van der Waals surface area contributed by atoms with Crippen molar-refractivity contribution in [3.63, 3.8) is 0 Å². The molecule has 0 aromatic carbocycles. The van der Waals surface area contributed by atoms with Crippen molar-refractivity contribution in [1.29, 1.82) is 0 Å². The average molecular weight is 222 g/mol. The lowest BCUT2D eigenvalue weighted by molar-refractivity contribution is 1.41. The third-order valence-electron chi connectivity index (χ3n) is 0.558. The van der Waals surface area contributed by atoms with Crippen LogP contribution in [0.1, 0.15) is 13.8 Å². The van der Waals surface area contributed by atoms with E-state index in [2.05, 4.69) is 30.5 Å². The van der Waals surface area contributed by atoms with E-state index in [9.17, 15) is 0 Å². The highest BCUT2D eigenvalue weighted by Crippen LogP contribution is 1.95. The zero-order valence-corrected chi connectivity index (χ0v) is 7.47. The molecule has 0 aliphatic heterocycles. The summed E-state index contributed by atoms with van der Waals surface area (Å²) >= 11 is 0.157. The van der Waals surface area contributed by atoms with Gasteiger partial charge in [0, 0.05) is 0 Å². The molecule has 1 heteroatoms. The van der Waals surface area contributed by atoms with Gasteiger partial charge in [0.25, 0.3) is 0 Å². The Kier molecular flexibility index (Phi) is 5.27. The van der Waals surface area contributed by atoms with Crippen molar-refractivity contribution < 1.29 is 0 Å². The van der Waals surface area contributed by atoms with Crippen molar-refractivity contribution in [2.45, 2.75) is 13.8 Å². The Hall–Kier alpha value is 0.0800. The second-order valence-corrected chi connectivity index (χ2v) is 3.97. The molecule has 0 atom stereocenters. The molecule has 0 aliphatic rings. The average Bonchev–Trinajstić information content (AvgIpc) is 1.66. The molecular weight excluding hydrogens is 211 g/mol. The quantitative estimate of drug-likeness (QED) is 0.630. The lowest BCUT2D eigenvalue weighted by Gasteiger charge is -1.78. The molecule has 0 aliphatic carbocycles. The number of hydrogen-bond acceptors (Lipinski definition) is 0. The van der Waals surface area contributed by atoms with Crippen LogP contribution in [0, 0.1) is 0 Å². The fraction of sp³-hybridized carbons (Fsp3) is 0.286. The van der Waals surface area contributed by atoms with Crippen molar-refractivity contribution in [2.24, 2.45) is 0 Å². The Morgan fingerprint density at radius 3 is 2.50 bits per heavy atom. The first-order chi connectivity index (χ1) is 3.77. The Morgan fingerprint density at radius 2 is 2.12 bits per heavy atom. The predicted molar refractivity (Wildman–Crippen MR) is 49.7 cm³/mol. The summed E-state index contributed by atoms with van der Waals surface area (Å²) in [5.74, 6) is 0. The van der Waals surface area contributed by atoms with Crippen LogP contribution in [0.2, 0.25) is 0 Å². The molecular formula is C7H11I. The van der Waals surface area contributed by atoms with Gasteiger partial charge < -0.3 is 0 Å². The van der Waals surface area contributed by atoms with Gasteiger partial charge in [-0.05, 0) is 21.9 Å². The molecule has 0 spiro atoms. The first-order valence-electron chi connectivity index (χ1n) is 2.47. The molecule has 0 saturated carbocycles. The first-order valence-corrected chi connectivity index (χ1v) is 4.96. The minimum Gasteiger partial charge on any atom is -0.0944 e. The van der Waals surface area contributed by atoms with E-state index < -0.39 is 0 Å². The fourth-order valence-electron chi connectivity index (χ4n) is 0.214. The second-order valence-electron chi connectivity index (χ2n) is 1.65. The van der Waals surface area contributed by atoms with Gasteiger partial charge in [-0.3, -0.25) is 0 Å². The smallest absolute Gasteiger partial charge is 0.0287 e. The van der Waals surface area contributed by atoms with E-state index in [1.165, 1.54) is 5.57 Å². The molecule has 0 rings (SSSR count). The highest BCUT2D eigenvalue weighted by Gasteiger charge is 1.66. The van der Waals surface area contributed by atoms with Crippen LogP contribution in [0.3, 0.4) is 0 Å². The van der Waals surface area contributed by atoms with Crippen molar-refractivity contribution in [1.82, 2.24) is 0 Å². The third-order valence-corrected chi connectivity index (χ3v) is 1.84. The summed E-state index contributed by atoms with van der Waals surface area (Å²) in [5.41, 5.74) is 1.37. The molecule has 0 unspecified atom stereocenters. The third kappa shape index (κ3) is 6.08. The molecule has 0 aromatic rings. The molecule has 0 heterocycles. The van der Waals surface area contributed by atoms with Crippen LogP contribution in [0.25, 0.3) is 0 Å². The highest BCUT2D eigenvalue weighted by atomic mass is 127. The van der Waals surface area contributed by atoms with E-state index in [-0.39, 0.29) is 20.7 Å². The van der Waals surface area contributed by atoms with E-state index in [0.29, 0.717) is 0 Å². The van der Waals surface area contributed by atoms with Crippen LogP contribution in [0.5, 0.6) is 0 Å². The van der Waals surface area contributed by atoms with Crippen molar-refractivity contribution in [3.05, 3.63) is 22.3 Å². The Bertz CT molecular complexity index is 116. The van der Waals surface area contributed by atoms with Crippen molar-refractivity contribution >= 4 is 24.7 Å². The van der Waals surface area contributed by atoms with Gasteiger partial charge in [0.1, 0.15) is 0 Å². The molecule has 0 saturated heterocycles. The van der Waals surface area contributed by atoms with E-state index >= 15 is 0 Å². The summed E-state index contributed by atoms with van der Waals surface area (Å²) in [4.78, 5) is 0. The predicted octanol–water partition coefficient (Wildman–Crippen LogP) is 2.87. The summed E-state index contributed by atoms with van der Waals surface area (Å²) in [7, 11) is 0. The van der Waals surface area contributed by atoms with Gasteiger partial charge in [0.05, 0.1) is 0 Å². The zero-order chi connectivity index (χ0) is 6.41. The van der Waals surface area contributed by atoms with E-state index in [1.807, 2.05) is 4.08 Å². The maximum atomic E-state index is 3.65. The number of rotatable bonds is 2. The second kappa shape index (κ2) is 5.22. The highest BCUT2D eigenvalue weighted by molar-refractivity contribution is 14.2. The number of halogens is 1. The molecule has 46 valence electrons. The van der Waals surface area contributed by atoms with Crippen LogP contribution in [0.4, 0.5) is 0 Å². The van der Waals surface area contributed by atoms with Crippen LogP contribution in [-0.2, 0) is 0 Å². The standard InChI is InChI=1S/C7H11I/c1-4-8-6-5-7(2)3/h4-6H,1H2,2-3H3. The number of hydrogen-bond donors (Lipinski definition) is 0. The van der Waals surface area contributed by atoms with E-state index in [4.69, 9.17) is 0 Å². The maximum absolute atomic E-state index is 3.65. The zero-order valence-electron chi connectivity index (χ0n) is 5.32.